The quantitative estimate of drug-likeness (QED) is 0.831. The van der Waals surface area contributed by atoms with Crippen molar-refractivity contribution in [1.82, 2.24) is 5.32 Å². The first-order chi connectivity index (χ1) is 9.15. The molecule has 0 radical (unpaired) electrons. The average Bonchev–Trinajstić information content (AvgIpc) is 2.40. The number of nitrogens with one attached hydrogen (secondary N) is 2. The first-order valence-corrected chi connectivity index (χ1v) is 6.44. The molecule has 0 fully saturated rings. The van der Waals surface area contributed by atoms with Gasteiger partial charge in [0.1, 0.15) is 5.82 Å². The fourth-order valence-electron chi connectivity index (χ4n) is 1.72. The second-order valence-corrected chi connectivity index (χ2v) is 4.65. The van der Waals surface area contributed by atoms with Crippen LogP contribution < -0.4 is 10.6 Å². The van der Waals surface area contributed by atoms with Gasteiger partial charge < -0.3 is 10.6 Å². The summed E-state index contributed by atoms with van der Waals surface area (Å²) in [4.78, 5) is 0. The molecule has 2 rings (SSSR count). The van der Waals surface area contributed by atoms with Crippen LogP contribution >= 0.6 is 12.2 Å². The molecule has 2 nitrogen and oxygen atoms in total. The van der Waals surface area contributed by atoms with Crippen LogP contribution in [0.15, 0.2) is 54.6 Å². The topological polar surface area (TPSA) is 24.1 Å². The molecule has 1 unspecified atom stereocenters. The third-order valence-electron chi connectivity index (χ3n) is 2.75. The number of halogens is 1. The van der Waals surface area contributed by atoms with Crippen molar-refractivity contribution in [3.05, 3.63) is 66.0 Å². The summed E-state index contributed by atoms with van der Waals surface area (Å²) in [7, 11) is 0. The summed E-state index contributed by atoms with van der Waals surface area (Å²) in [5, 5.41) is 6.81. The molecular weight excluding hydrogens is 259 g/mol. The van der Waals surface area contributed by atoms with Gasteiger partial charge in [0.15, 0.2) is 5.11 Å². The van der Waals surface area contributed by atoms with E-state index >= 15 is 0 Å². The molecule has 0 aromatic heterocycles. The zero-order valence-corrected chi connectivity index (χ0v) is 11.4. The lowest BCUT2D eigenvalue weighted by Crippen LogP contribution is -2.30. The number of para-hydroxylation sites is 1. The summed E-state index contributed by atoms with van der Waals surface area (Å²) < 4.78 is 12.8. The van der Waals surface area contributed by atoms with Gasteiger partial charge in [0.25, 0.3) is 0 Å². The van der Waals surface area contributed by atoms with E-state index < -0.39 is 0 Å². The Labute approximate surface area is 117 Å². The van der Waals surface area contributed by atoms with Crippen LogP contribution in [0.3, 0.4) is 0 Å². The Morgan fingerprint density at radius 1 is 1.05 bits per heavy atom. The summed E-state index contributed by atoms with van der Waals surface area (Å²) in [5.41, 5.74) is 1.92. The Bertz CT molecular complexity index is 540. The van der Waals surface area contributed by atoms with Gasteiger partial charge >= 0.3 is 0 Å². The molecule has 0 aliphatic heterocycles. The summed E-state index contributed by atoms with van der Waals surface area (Å²) in [6.45, 7) is 1.98. The van der Waals surface area contributed by atoms with E-state index in [-0.39, 0.29) is 11.9 Å². The molecule has 2 aromatic rings. The number of anilines is 1. The van der Waals surface area contributed by atoms with E-state index in [0.29, 0.717) is 5.11 Å². The highest BCUT2D eigenvalue weighted by Gasteiger charge is 2.07. The highest BCUT2D eigenvalue weighted by molar-refractivity contribution is 7.80. The number of hydrogen-bond donors (Lipinski definition) is 2. The van der Waals surface area contributed by atoms with Gasteiger partial charge in [-0.25, -0.2) is 4.39 Å². The molecule has 0 saturated carbocycles. The number of benzene rings is 2. The second kappa shape index (κ2) is 6.29. The van der Waals surface area contributed by atoms with Gasteiger partial charge in [-0.1, -0.05) is 30.3 Å². The number of rotatable bonds is 3. The lowest BCUT2D eigenvalue weighted by atomic mass is 10.1. The molecule has 0 heterocycles. The maximum Gasteiger partial charge on any atom is 0.171 e. The average molecular weight is 274 g/mol. The van der Waals surface area contributed by atoms with Crippen LogP contribution in [0.25, 0.3) is 0 Å². The van der Waals surface area contributed by atoms with E-state index in [1.807, 2.05) is 37.3 Å². The van der Waals surface area contributed by atoms with Crippen molar-refractivity contribution in [2.75, 3.05) is 5.32 Å². The van der Waals surface area contributed by atoms with Gasteiger partial charge in [0.2, 0.25) is 0 Å². The van der Waals surface area contributed by atoms with Crippen LogP contribution in [-0.2, 0) is 0 Å². The summed E-state index contributed by atoms with van der Waals surface area (Å²) >= 11 is 5.24. The minimum atomic E-state index is -0.235. The second-order valence-electron chi connectivity index (χ2n) is 4.24. The minimum Gasteiger partial charge on any atom is -0.356 e. The maximum absolute atomic E-state index is 12.8. The van der Waals surface area contributed by atoms with Crippen LogP contribution in [0, 0.1) is 5.82 Å². The number of thiocarbonyl (C=S) groups is 1. The summed E-state index contributed by atoms with van der Waals surface area (Å²) in [6, 6.07) is 16.1. The van der Waals surface area contributed by atoms with E-state index in [2.05, 4.69) is 10.6 Å². The van der Waals surface area contributed by atoms with Gasteiger partial charge in [-0.15, -0.1) is 0 Å². The Kier molecular flexibility index (Phi) is 4.47. The van der Waals surface area contributed by atoms with E-state index in [9.17, 15) is 4.39 Å². The van der Waals surface area contributed by atoms with Gasteiger partial charge in [-0.3, -0.25) is 0 Å². The van der Waals surface area contributed by atoms with Crippen LogP contribution in [-0.4, -0.2) is 5.11 Å². The third kappa shape index (κ3) is 4.03. The molecule has 19 heavy (non-hydrogen) atoms. The first kappa shape index (κ1) is 13.5. The molecule has 2 N–H and O–H groups in total. The highest BCUT2D eigenvalue weighted by Crippen LogP contribution is 2.13. The van der Waals surface area contributed by atoms with Crippen molar-refractivity contribution in [2.45, 2.75) is 13.0 Å². The maximum atomic E-state index is 12.8. The Morgan fingerprint density at radius 3 is 2.32 bits per heavy atom. The molecule has 98 valence electrons. The molecule has 4 heteroatoms. The normalized spacial score (nSPS) is 11.7. The SMILES string of the molecule is CC(NC(=S)Nc1ccccc1)c1ccc(F)cc1. The van der Waals surface area contributed by atoms with E-state index in [0.717, 1.165) is 11.3 Å². The fourth-order valence-corrected chi connectivity index (χ4v) is 2.01. The summed E-state index contributed by atoms with van der Waals surface area (Å²) in [6.07, 6.45) is 0. The zero-order valence-electron chi connectivity index (χ0n) is 10.6. The molecule has 0 amide bonds. The van der Waals surface area contributed by atoms with Crippen LogP contribution in [0.2, 0.25) is 0 Å². The molecule has 1 atom stereocenters. The van der Waals surface area contributed by atoms with Crippen molar-refractivity contribution >= 4 is 23.0 Å². The van der Waals surface area contributed by atoms with E-state index in [1.54, 1.807) is 12.1 Å². The Hall–Kier alpha value is -1.94. The van der Waals surface area contributed by atoms with Crippen molar-refractivity contribution in [2.24, 2.45) is 0 Å². The molecule has 0 aliphatic rings. The van der Waals surface area contributed by atoms with E-state index in [1.165, 1.54) is 12.1 Å². The predicted molar refractivity (Wildman–Crippen MR) is 80.6 cm³/mol. The molecule has 0 saturated heterocycles. The van der Waals surface area contributed by atoms with Gasteiger partial charge in [-0.2, -0.15) is 0 Å². The van der Waals surface area contributed by atoms with Gasteiger partial charge in [0, 0.05) is 5.69 Å². The largest absolute Gasteiger partial charge is 0.356 e. The van der Waals surface area contributed by atoms with Gasteiger partial charge in [0.05, 0.1) is 6.04 Å². The zero-order chi connectivity index (χ0) is 13.7. The molecule has 0 bridgehead atoms. The Morgan fingerprint density at radius 2 is 1.68 bits per heavy atom. The predicted octanol–water partition coefficient (Wildman–Crippen LogP) is 3.87. The minimum absolute atomic E-state index is 0.0179. The fraction of sp³-hybridized carbons (Fsp3) is 0.133. The van der Waals surface area contributed by atoms with Crippen LogP contribution in [0.1, 0.15) is 18.5 Å². The molecule has 0 spiro atoms. The molecule has 0 aliphatic carbocycles. The summed E-state index contributed by atoms with van der Waals surface area (Å²) in [5.74, 6) is -0.235. The standard InChI is InChI=1S/C15H15FN2S/c1-11(12-7-9-13(16)10-8-12)17-15(19)18-14-5-3-2-4-6-14/h2-11H,1H3,(H2,17,18,19). The van der Waals surface area contributed by atoms with Crippen molar-refractivity contribution in [1.29, 1.82) is 0 Å². The van der Waals surface area contributed by atoms with Crippen molar-refractivity contribution in [3.63, 3.8) is 0 Å². The smallest absolute Gasteiger partial charge is 0.171 e. The number of hydrogen-bond acceptors (Lipinski definition) is 1. The van der Waals surface area contributed by atoms with Crippen LogP contribution in [0.5, 0.6) is 0 Å². The van der Waals surface area contributed by atoms with Crippen LogP contribution in [0.4, 0.5) is 10.1 Å². The third-order valence-corrected chi connectivity index (χ3v) is 2.97. The molecule has 2 aromatic carbocycles. The lowest BCUT2D eigenvalue weighted by molar-refractivity contribution is 0.624. The van der Waals surface area contributed by atoms with E-state index in [4.69, 9.17) is 12.2 Å². The Balaban J connectivity index is 1.93. The van der Waals surface area contributed by atoms with Gasteiger partial charge in [-0.05, 0) is 49.0 Å². The van der Waals surface area contributed by atoms with Crippen molar-refractivity contribution in [3.8, 4) is 0 Å². The lowest BCUT2D eigenvalue weighted by Gasteiger charge is -2.17. The highest BCUT2D eigenvalue weighted by atomic mass is 32.1. The van der Waals surface area contributed by atoms with Crippen molar-refractivity contribution < 1.29 is 4.39 Å². The first-order valence-electron chi connectivity index (χ1n) is 6.03. The monoisotopic (exact) mass is 274 g/mol. The molecular formula is C15H15FN2S.